The van der Waals surface area contributed by atoms with Crippen LogP contribution >= 0.6 is 23.1 Å². The summed E-state index contributed by atoms with van der Waals surface area (Å²) in [6.45, 7) is 0.830. The third kappa shape index (κ3) is 6.44. The van der Waals surface area contributed by atoms with Crippen molar-refractivity contribution in [3.63, 3.8) is 0 Å². The maximum Gasteiger partial charge on any atom is 0.421 e. The van der Waals surface area contributed by atoms with Gasteiger partial charge in [-0.05, 0) is 19.1 Å². The van der Waals surface area contributed by atoms with Gasteiger partial charge in [-0.25, -0.2) is 27.5 Å². The largest absolute Gasteiger partial charge is 0.477 e. The van der Waals surface area contributed by atoms with E-state index in [-0.39, 0.29) is 29.2 Å². The summed E-state index contributed by atoms with van der Waals surface area (Å²) in [5.74, 6) is -3.66. The number of benzene rings is 1. The molecule has 0 saturated carbocycles. The van der Waals surface area contributed by atoms with E-state index in [1.807, 2.05) is 0 Å². The number of sulfonamides is 1. The van der Waals surface area contributed by atoms with Crippen LogP contribution in [-0.4, -0.2) is 83.6 Å². The first-order valence-corrected chi connectivity index (χ1v) is 15.2. The van der Waals surface area contributed by atoms with Crippen molar-refractivity contribution in [2.75, 3.05) is 19.0 Å². The molecule has 3 amide bonds. The van der Waals surface area contributed by atoms with Gasteiger partial charge in [-0.15, -0.1) is 23.1 Å². The number of nitrogens with one attached hydrogen (secondary N) is 4. The molecule has 0 bridgehead atoms. The fraction of sp³-hybridized carbons (Fsp3) is 0.304. The predicted molar refractivity (Wildman–Crippen MR) is 142 cm³/mol. The van der Waals surface area contributed by atoms with Gasteiger partial charge in [0.1, 0.15) is 28.6 Å². The fourth-order valence-corrected chi connectivity index (χ4v) is 7.04. The monoisotopic (exact) mass is 625 g/mol. The SMILES string of the molecule is CCOC(=O)NS(=O)(=O)c1ccccc1C(=O)OCC1=C(C(=O)O)N2C(=O)[C@@H](NC(=O)Cc3csc(=N)[nH]3)[C@H]2SC1. The number of hydrogen-bond donors (Lipinski definition) is 5. The van der Waals surface area contributed by atoms with Crippen LogP contribution in [0.2, 0.25) is 0 Å². The molecule has 0 aliphatic carbocycles. The quantitative estimate of drug-likeness (QED) is 0.176. The summed E-state index contributed by atoms with van der Waals surface area (Å²) in [5, 5.41) is 20.8. The second kappa shape index (κ2) is 12.1. The molecule has 2 atom stereocenters. The first kappa shape index (κ1) is 29.8. The zero-order valence-corrected chi connectivity index (χ0v) is 23.6. The molecule has 1 fully saturated rings. The molecule has 218 valence electrons. The molecule has 15 nitrogen and oxygen atoms in total. The zero-order valence-electron chi connectivity index (χ0n) is 21.2. The number of hydrogen-bond acceptors (Lipinski definition) is 12. The zero-order chi connectivity index (χ0) is 29.9. The minimum Gasteiger partial charge on any atom is -0.477 e. The van der Waals surface area contributed by atoms with Crippen molar-refractivity contribution < 1.29 is 47.0 Å². The molecule has 1 aromatic heterocycles. The maximum absolute atomic E-state index is 12.8. The Kier molecular flexibility index (Phi) is 8.83. The Bertz CT molecular complexity index is 1610. The molecule has 2 aliphatic heterocycles. The van der Waals surface area contributed by atoms with E-state index in [9.17, 15) is 37.5 Å². The van der Waals surface area contributed by atoms with Crippen LogP contribution in [0.4, 0.5) is 4.79 Å². The molecule has 3 heterocycles. The summed E-state index contributed by atoms with van der Waals surface area (Å²) in [5.41, 5.74) is -0.219. The number of thiazole rings is 1. The number of carboxylic acid groups (broad SMARTS) is 1. The average Bonchev–Trinajstić information content (AvgIpc) is 3.33. The first-order valence-electron chi connectivity index (χ1n) is 11.8. The van der Waals surface area contributed by atoms with Gasteiger partial charge in [-0.3, -0.25) is 19.9 Å². The van der Waals surface area contributed by atoms with E-state index in [2.05, 4.69) is 15.0 Å². The number of H-pyrrole nitrogens is 1. The van der Waals surface area contributed by atoms with Crippen LogP contribution in [0.15, 0.2) is 45.8 Å². The Morgan fingerprint density at radius 1 is 1.22 bits per heavy atom. The smallest absolute Gasteiger partial charge is 0.421 e. The van der Waals surface area contributed by atoms with Gasteiger partial charge < -0.3 is 24.9 Å². The number of fused-ring (bicyclic) bond motifs is 1. The molecule has 0 spiro atoms. The summed E-state index contributed by atoms with van der Waals surface area (Å²) < 4.78 is 36.7. The number of aromatic nitrogens is 1. The summed E-state index contributed by atoms with van der Waals surface area (Å²) in [6.07, 6.45) is -1.33. The van der Waals surface area contributed by atoms with Crippen molar-refractivity contribution >= 4 is 63.0 Å². The molecular weight excluding hydrogens is 602 g/mol. The summed E-state index contributed by atoms with van der Waals surface area (Å²) >= 11 is 2.27. The summed E-state index contributed by atoms with van der Waals surface area (Å²) in [4.78, 5) is 65.1. The van der Waals surface area contributed by atoms with Crippen LogP contribution in [-0.2, 0) is 40.3 Å². The predicted octanol–water partition coefficient (Wildman–Crippen LogP) is 0.129. The molecular formula is C23H23N5O10S3. The van der Waals surface area contributed by atoms with Gasteiger partial charge >= 0.3 is 18.0 Å². The average molecular weight is 626 g/mol. The van der Waals surface area contributed by atoms with Crippen molar-refractivity contribution in [3.8, 4) is 0 Å². The van der Waals surface area contributed by atoms with Gasteiger partial charge in [-0.1, -0.05) is 12.1 Å². The summed E-state index contributed by atoms with van der Waals surface area (Å²) in [6, 6.07) is 3.97. The Balaban J connectivity index is 1.45. The van der Waals surface area contributed by atoms with Crippen LogP contribution in [0.5, 0.6) is 0 Å². The lowest BCUT2D eigenvalue weighted by molar-refractivity contribution is -0.150. The molecule has 1 aromatic carbocycles. The first-order chi connectivity index (χ1) is 19.4. The molecule has 2 aromatic rings. The molecule has 2 aliphatic rings. The molecule has 41 heavy (non-hydrogen) atoms. The molecule has 5 N–H and O–H groups in total. The van der Waals surface area contributed by atoms with Crippen LogP contribution in [0.25, 0.3) is 0 Å². The number of carbonyl (C=O) groups excluding carboxylic acids is 4. The van der Waals surface area contributed by atoms with Crippen LogP contribution in [0.3, 0.4) is 0 Å². The number of carbonyl (C=O) groups is 5. The topological polar surface area (TPSA) is 225 Å². The highest BCUT2D eigenvalue weighted by Gasteiger charge is 2.54. The van der Waals surface area contributed by atoms with Crippen molar-refractivity contribution in [2.45, 2.75) is 29.7 Å². The van der Waals surface area contributed by atoms with Gasteiger partial charge in [0.15, 0.2) is 4.80 Å². The van der Waals surface area contributed by atoms with Crippen molar-refractivity contribution in [1.29, 1.82) is 5.41 Å². The van der Waals surface area contributed by atoms with E-state index in [1.54, 1.807) is 10.1 Å². The highest BCUT2D eigenvalue weighted by molar-refractivity contribution is 8.00. The number of thioether (sulfide) groups is 1. The van der Waals surface area contributed by atoms with Gasteiger partial charge in [-0.2, -0.15) is 0 Å². The number of esters is 1. The molecule has 0 radical (unpaired) electrons. The minimum atomic E-state index is -4.51. The number of β-lactam (4-membered cyclic amide) rings is 1. The Labute approximate surface area is 240 Å². The van der Waals surface area contributed by atoms with Gasteiger partial charge in [0.2, 0.25) is 5.91 Å². The van der Waals surface area contributed by atoms with Crippen LogP contribution < -0.4 is 14.8 Å². The number of aliphatic carboxylic acids is 1. The third-order valence-electron chi connectivity index (χ3n) is 5.78. The standard InChI is InChI=1S/C23H23N5O10S3/c1-2-37-23(34)27-41(35,36)14-6-4-3-5-13(14)21(33)38-8-11-9-39-19-16(18(30)28(19)17(11)20(31)32)26-15(29)7-12-10-40-22(24)25-12/h3-6,10,16,19H,2,7-9H2,1H3,(H2,24,25)(H,26,29)(H,27,34)(H,31,32)/t16-,19-/m1/s1. The Hall–Kier alpha value is -4.16. The molecule has 0 unspecified atom stereocenters. The van der Waals surface area contributed by atoms with E-state index in [0.717, 1.165) is 40.1 Å². The summed E-state index contributed by atoms with van der Waals surface area (Å²) in [7, 11) is -4.51. The Morgan fingerprint density at radius 3 is 2.61 bits per heavy atom. The Morgan fingerprint density at radius 2 is 1.95 bits per heavy atom. The fourth-order valence-electron chi connectivity index (χ4n) is 4.04. The normalized spacial score (nSPS) is 18.2. The van der Waals surface area contributed by atoms with Gasteiger partial charge in [0.25, 0.3) is 15.9 Å². The van der Waals surface area contributed by atoms with Gasteiger partial charge in [0, 0.05) is 22.4 Å². The number of nitrogens with zero attached hydrogens (tertiary/aromatic N) is 1. The van der Waals surface area contributed by atoms with Crippen molar-refractivity contribution in [1.82, 2.24) is 19.9 Å². The number of rotatable bonds is 10. The van der Waals surface area contributed by atoms with E-state index >= 15 is 0 Å². The molecule has 18 heteroatoms. The third-order valence-corrected chi connectivity index (χ3v) is 9.23. The number of carboxylic acids is 1. The van der Waals surface area contributed by atoms with Gasteiger partial charge in [0.05, 0.1) is 18.6 Å². The van der Waals surface area contributed by atoms with E-state index in [4.69, 9.17) is 10.1 Å². The van der Waals surface area contributed by atoms with E-state index < -0.39 is 74.0 Å². The van der Waals surface area contributed by atoms with E-state index in [0.29, 0.717) is 5.69 Å². The second-order valence-electron chi connectivity index (χ2n) is 8.50. The molecule has 4 rings (SSSR count). The lowest BCUT2D eigenvalue weighted by atomic mass is 10.0. The number of aromatic amines is 1. The second-order valence-corrected chi connectivity index (χ2v) is 12.1. The number of amides is 3. The maximum atomic E-state index is 12.8. The lowest BCUT2D eigenvalue weighted by Crippen LogP contribution is -2.70. The highest BCUT2D eigenvalue weighted by Crippen LogP contribution is 2.40. The highest BCUT2D eigenvalue weighted by atomic mass is 32.2. The molecule has 1 saturated heterocycles. The van der Waals surface area contributed by atoms with Crippen LogP contribution in [0, 0.1) is 5.41 Å². The minimum absolute atomic E-state index is 0.0423. The van der Waals surface area contributed by atoms with Crippen molar-refractivity contribution in [3.05, 3.63) is 57.0 Å². The van der Waals surface area contributed by atoms with Crippen LogP contribution in [0.1, 0.15) is 23.0 Å². The number of ether oxygens (including phenoxy) is 2. The lowest BCUT2D eigenvalue weighted by Gasteiger charge is -2.49. The van der Waals surface area contributed by atoms with E-state index in [1.165, 1.54) is 19.1 Å². The van der Waals surface area contributed by atoms with Crippen molar-refractivity contribution in [2.24, 2.45) is 0 Å².